The summed E-state index contributed by atoms with van der Waals surface area (Å²) in [6.07, 6.45) is 21.7. The summed E-state index contributed by atoms with van der Waals surface area (Å²) >= 11 is 0. The highest BCUT2D eigenvalue weighted by atomic mass is 19.1. The van der Waals surface area contributed by atoms with Gasteiger partial charge < -0.3 is 10.4 Å². The summed E-state index contributed by atoms with van der Waals surface area (Å²) in [5, 5.41) is 11.5. The highest BCUT2D eigenvalue weighted by Crippen LogP contribution is 2.21. The molecule has 3 nitrogen and oxygen atoms in total. The number of hydrogen-bond acceptors (Lipinski definition) is 2. The van der Waals surface area contributed by atoms with Crippen molar-refractivity contribution < 1.29 is 18.7 Å². The van der Waals surface area contributed by atoms with Crippen LogP contribution in [0.2, 0.25) is 0 Å². The fraction of sp³-hybridized carbons (Fsp3) is 0.640. The summed E-state index contributed by atoms with van der Waals surface area (Å²) in [5.41, 5.74) is -0.624. The van der Waals surface area contributed by atoms with Crippen LogP contribution < -0.4 is 5.32 Å². The number of hydrogen-bond donors (Lipinski definition) is 2. The standard InChI is InChI=1S/C25H39F2NO2/c1-2-3-4-5-6-7-8-9-10-11-12-13-14-15-16-17-18-28-24-22(26)19-21(25(29)30)20-23(24)27/h9-10,19-20,28H,2-8,11-18H2,1H3,(H,29,30)/b10-9+. The Morgan fingerprint density at radius 2 is 1.30 bits per heavy atom. The average molecular weight is 424 g/mol. The molecule has 1 rings (SSSR count). The number of unbranched alkanes of at least 4 members (excludes halogenated alkanes) is 12. The maximum absolute atomic E-state index is 13.8. The minimum Gasteiger partial charge on any atom is -0.478 e. The van der Waals surface area contributed by atoms with E-state index in [2.05, 4.69) is 24.4 Å². The van der Waals surface area contributed by atoms with Gasteiger partial charge in [-0.1, -0.05) is 76.9 Å². The lowest BCUT2D eigenvalue weighted by Gasteiger charge is -2.09. The molecular formula is C25H39F2NO2. The third-order valence-corrected chi connectivity index (χ3v) is 5.28. The van der Waals surface area contributed by atoms with Gasteiger partial charge in [0.1, 0.15) is 17.3 Å². The van der Waals surface area contributed by atoms with Crippen molar-refractivity contribution in [2.24, 2.45) is 0 Å². The fourth-order valence-electron chi connectivity index (χ4n) is 3.45. The molecule has 0 aliphatic carbocycles. The van der Waals surface area contributed by atoms with Gasteiger partial charge in [0, 0.05) is 6.54 Å². The van der Waals surface area contributed by atoms with E-state index < -0.39 is 17.6 Å². The SMILES string of the molecule is CCCCCCCC/C=C/CCCCCCCCNc1c(F)cc(C(=O)O)cc1F. The zero-order chi connectivity index (χ0) is 22.0. The van der Waals surface area contributed by atoms with Gasteiger partial charge in [-0.05, 0) is 44.2 Å². The minimum absolute atomic E-state index is 0.243. The number of allylic oxidation sites excluding steroid dienone is 2. The van der Waals surface area contributed by atoms with Crippen LogP contribution in [-0.4, -0.2) is 17.6 Å². The average Bonchev–Trinajstić information content (AvgIpc) is 2.71. The predicted octanol–water partition coefficient (Wildman–Crippen LogP) is 8.11. The van der Waals surface area contributed by atoms with Crippen LogP contribution in [0.5, 0.6) is 0 Å². The lowest BCUT2D eigenvalue weighted by atomic mass is 10.1. The number of carboxylic acid groups (broad SMARTS) is 1. The molecule has 1 aromatic carbocycles. The Kier molecular flexibility index (Phi) is 14.7. The van der Waals surface area contributed by atoms with E-state index in [0.29, 0.717) is 6.54 Å². The zero-order valence-corrected chi connectivity index (χ0v) is 18.5. The van der Waals surface area contributed by atoms with E-state index in [1.54, 1.807) is 0 Å². The smallest absolute Gasteiger partial charge is 0.335 e. The molecule has 0 radical (unpaired) electrons. The van der Waals surface area contributed by atoms with Gasteiger partial charge in [0.25, 0.3) is 0 Å². The highest BCUT2D eigenvalue weighted by molar-refractivity contribution is 5.88. The number of nitrogens with one attached hydrogen (secondary N) is 1. The minimum atomic E-state index is -1.34. The molecule has 0 aromatic heterocycles. The molecule has 2 N–H and O–H groups in total. The Morgan fingerprint density at radius 3 is 1.80 bits per heavy atom. The number of halogens is 2. The summed E-state index contributed by atoms with van der Waals surface area (Å²) in [6, 6.07) is 1.69. The van der Waals surface area contributed by atoms with E-state index in [-0.39, 0.29) is 11.3 Å². The molecule has 0 aliphatic heterocycles. The van der Waals surface area contributed by atoms with Crippen molar-refractivity contribution in [1.82, 2.24) is 0 Å². The zero-order valence-electron chi connectivity index (χ0n) is 18.5. The van der Waals surface area contributed by atoms with Crippen LogP contribution in [0.4, 0.5) is 14.5 Å². The van der Waals surface area contributed by atoms with Crippen molar-refractivity contribution in [2.75, 3.05) is 11.9 Å². The van der Waals surface area contributed by atoms with Gasteiger partial charge in [-0.2, -0.15) is 0 Å². The van der Waals surface area contributed by atoms with Crippen molar-refractivity contribution in [3.05, 3.63) is 41.5 Å². The number of benzene rings is 1. The molecule has 0 bridgehead atoms. The van der Waals surface area contributed by atoms with E-state index in [1.165, 1.54) is 64.2 Å². The van der Waals surface area contributed by atoms with Crippen molar-refractivity contribution in [3.8, 4) is 0 Å². The number of carbonyl (C=O) groups is 1. The summed E-state index contributed by atoms with van der Waals surface area (Å²) in [4.78, 5) is 10.8. The van der Waals surface area contributed by atoms with Crippen molar-refractivity contribution >= 4 is 11.7 Å². The molecule has 0 unspecified atom stereocenters. The molecule has 0 saturated heterocycles. The molecule has 30 heavy (non-hydrogen) atoms. The second-order valence-electron chi connectivity index (χ2n) is 7.98. The lowest BCUT2D eigenvalue weighted by Crippen LogP contribution is -2.08. The predicted molar refractivity (Wildman–Crippen MR) is 121 cm³/mol. The van der Waals surface area contributed by atoms with Crippen LogP contribution >= 0.6 is 0 Å². The van der Waals surface area contributed by atoms with Crippen LogP contribution in [0.25, 0.3) is 0 Å². The highest BCUT2D eigenvalue weighted by Gasteiger charge is 2.14. The molecule has 0 fully saturated rings. The molecule has 0 amide bonds. The van der Waals surface area contributed by atoms with Gasteiger partial charge in [0.15, 0.2) is 0 Å². The maximum atomic E-state index is 13.8. The molecular weight excluding hydrogens is 384 g/mol. The van der Waals surface area contributed by atoms with Gasteiger partial charge in [-0.25, -0.2) is 13.6 Å². The first-order chi connectivity index (χ1) is 14.6. The first-order valence-corrected chi connectivity index (χ1v) is 11.7. The quantitative estimate of drug-likeness (QED) is 0.185. The number of rotatable bonds is 18. The van der Waals surface area contributed by atoms with Crippen LogP contribution in [-0.2, 0) is 0 Å². The Balaban J connectivity index is 1.97. The molecule has 0 heterocycles. The summed E-state index contributed by atoms with van der Waals surface area (Å²) < 4.78 is 27.6. The van der Waals surface area contributed by atoms with E-state index >= 15 is 0 Å². The second-order valence-corrected chi connectivity index (χ2v) is 7.98. The van der Waals surface area contributed by atoms with Gasteiger partial charge in [0.05, 0.1) is 5.56 Å². The summed E-state index contributed by atoms with van der Waals surface area (Å²) in [6.45, 7) is 2.72. The Bertz CT molecular complexity index is 609. The third-order valence-electron chi connectivity index (χ3n) is 5.28. The Labute approximate surface area is 181 Å². The molecule has 0 saturated carbocycles. The molecule has 0 atom stereocenters. The summed E-state index contributed by atoms with van der Waals surface area (Å²) in [7, 11) is 0. The van der Waals surface area contributed by atoms with Crippen molar-refractivity contribution in [3.63, 3.8) is 0 Å². The van der Waals surface area contributed by atoms with Gasteiger partial charge in [0.2, 0.25) is 0 Å². The fourth-order valence-corrected chi connectivity index (χ4v) is 3.45. The Morgan fingerprint density at radius 1 is 0.833 bits per heavy atom. The third kappa shape index (κ3) is 11.9. The molecule has 170 valence electrons. The maximum Gasteiger partial charge on any atom is 0.335 e. The van der Waals surface area contributed by atoms with E-state index in [0.717, 1.165) is 37.8 Å². The topological polar surface area (TPSA) is 49.3 Å². The van der Waals surface area contributed by atoms with Gasteiger partial charge >= 0.3 is 5.97 Å². The van der Waals surface area contributed by atoms with E-state index in [1.807, 2.05) is 0 Å². The molecule has 5 heteroatoms. The van der Waals surface area contributed by atoms with E-state index in [4.69, 9.17) is 5.11 Å². The van der Waals surface area contributed by atoms with Gasteiger partial charge in [-0.15, -0.1) is 0 Å². The molecule has 0 spiro atoms. The monoisotopic (exact) mass is 423 g/mol. The van der Waals surface area contributed by atoms with Crippen LogP contribution in [0.3, 0.4) is 0 Å². The number of aromatic carboxylic acids is 1. The van der Waals surface area contributed by atoms with Crippen molar-refractivity contribution in [1.29, 1.82) is 0 Å². The lowest BCUT2D eigenvalue weighted by molar-refractivity contribution is 0.0696. The largest absolute Gasteiger partial charge is 0.478 e. The number of anilines is 1. The Hall–Kier alpha value is -1.91. The molecule has 1 aromatic rings. The van der Waals surface area contributed by atoms with Gasteiger partial charge in [-0.3, -0.25) is 0 Å². The van der Waals surface area contributed by atoms with Crippen LogP contribution in [0.1, 0.15) is 107 Å². The molecule has 0 aliphatic rings. The first kappa shape index (κ1) is 26.1. The van der Waals surface area contributed by atoms with Crippen LogP contribution in [0.15, 0.2) is 24.3 Å². The van der Waals surface area contributed by atoms with Crippen molar-refractivity contribution in [2.45, 2.75) is 96.8 Å². The normalized spacial score (nSPS) is 11.3. The first-order valence-electron chi connectivity index (χ1n) is 11.7. The summed E-state index contributed by atoms with van der Waals surface area (Å²) in [5.74, 6) is -3.07. The van der Waals surface area contributed by atoms with E-state index in [9.17, 15) is 13.6 Å². The number of carboxylic acids is 1. The second kappa shape index (κ2) is 16.8. The van der Waals surface area contributed by atoms with Crippen LogP contribution in [0, 0.1) is 11.6 Å².